The van der Waals surface area contributed by atoms with Crippen molar-refractivity contribution in [2.45, 2.75) is 19.9 Å². The fourth-order valence-electron chi connectivity index (χ4n) is 3.70. The molecule has 0 N–H and O–H groups in total. The number of morpholine rings is 1. The molecule has 3 aromatic rings. The van der Waals surface area contributed by atoms with E-state index in [4.69, 9.17) is 14.5 Å². The summed E-state index contributed by atoms with van der Waals surface area (Å²) in [5.41, 5.74) is 3.98. The first-order valence-corrected chi connectivity index (χ1v) is 11.3. The number of aryl methyl sites for hydroxylation is 1. The van der Waals surface area contributed by atoms with Gasteiger partial charge in [-0.2, -0.15) is 0 Å². The van der Waals surface area contributed by atoms with E-state index < -0.39 is 6.04 Å². The Hall–Kier alpha value is -2.90. The number of hydrogen-bond acceptors (Lipinski definition) is 6. The van der Waals surface area contributed by atoms with Gasteiger partial charge in [-0.05, 0) is 26.0 Å². The Balaban J connectivity index is 1.72. The van der Waals surface area contributed by atoms with Crippen molar-refractivity contribution < 1.29 is 14.3 Å². The second kappa shape index (κ2) is 9.49. The first-order valence-electron chi connectivity index (χ1n) is 10.4. The lowest BCUT2D eigenvalue weighted by Gasteiger charge is -2.34. The molecule has 2 aromatic carbocycles. The number of hydrogen-bond donors (Lipinski definition) is 0. The molecule has 2 heterocycles. The van der Waals surface area contributed by atoms with Gasteiger partial charge in [0.1, 0.15) is 11.8 Å². The highest BCUT2D eigenvalue weighted by Crippen LogP contribution is 2.38. The zero-order chi connectivity index (χ0) is 21.8. The van der Waals surface area contributed by atoms with Gasteiger partial charge in [0.25, 0.3) is 0 Å². The molecule has 1 atom stereocenters. The summed E-state index contributed by atoms with van der Waals surface area (Å²) in [6, 6.07) is 15.6. The van der Waals surface area contributed by atoms with E-state index in [1.807, 2.05) is 46.4 Å². The summed E-state index contributed by atoms with van der Waals surface area (Å²) in [6.45, 7) is 6.35. The highest BCUT2D eigenvalue weighted by molar-refractivity contribution is 7.14. The van der Waals surface area contributed by atoms with Crippen LogP contribution in [-0.2, 0) is 9.53 Å². The van der Waals surface area contributed by atoms with Gasteiger partial charge in [-0.25, -0.2) is 4.98 Å². The zero-order valence-electron chi connectivity index (χ0n) is 18.1. The number of ether oxygens (including phenoxy) is 2. The summed E-state index contributed by atoms with van der Waals surface area (Å²) in [6.07, 6.45) is 0. The number of nitrogens with zero attached hydrogens (tertiary/aromatic N) is 3. The van der Waals surface area contributed by atoms with Crippen LogP contribution in [0.3, 0.4) is 0 Å². The average molecular weight is 438 g/mol. The van der Waals surface area contributed by atoms with E-state index in [9.17, 15) is 4.79 Å². The average Bonchev–Trinajstić information content (AvgIpc) is 3.29. The summed E-state index contributed by atoms with van der Waals surface area (Å²) in [5, 5.41) is 2.79. The molecule has 0 saturated carbocycles. The molecule has 0 unspecified atom stereocenters. The van der Waals surface area contributed by atoms with Crippen LogP contribution in [0.2, 0.25) is 0 Å². The maximum absolute atomic E-state index is 13.4. The number of aromatic nitrogens is 1. The third-order valence-corrected chi connectivity index (χ3v) is 6.30. The molecular weight excluding hydrogens is 410 g/mol. The van der Waals surface area contributed by atoms with Gasteiger partial charge in [-0.1, -0.05) is 42.0 Å². The van der Waals surface area contributed by atoms with Crippen LogP contribution in [0, 0.1) is 6.92 Å². The van der Waals surface area contributed by atoms with Gasteiger partial charge in [-0.3, -0.25) is 4.79 Å². The molecule has 7 heteroatoms. The largest absolute Gasteiger partial charge is 0.495 e. The van der Waals surface area contributed by atoms with Gasteiger partial charge in [0.05, 0.1) is 31.7 Å². The van der Waals surface area contributed by atoms with E-state index in [0.29, 0.717) is 32.1 Å². The second-order valence-corrected chi connectivity index (χ2v) is 8.37. The summed E-state index contributed by atoms with van der Waals surface area (Å²) in [4.78, 5) is 22.1. The molecule has 1 aliphatic heterocycles. The number of thiazole rings is 1. The standard InChI is InChI=1S/C24H27N3O3S/c1-17-8-10-19(11-9-17)20-16-31-24(25-20)27(21-6-4-5-7-22(21)29-3)18(2)23(28)26-12-14-30-15-13-26/h4-11,16,18H,12-15H2,1-3H3/t18-/m1/s1. The van der Waals surface area contributed by atoms with E-state index >= 15 is 0 Å². The quantitative estimate of drug-likeness (QED) is 0.568. The van der Waals surface area contributed by atoms with Crippen LogP contribution >= 0.6 is 11.3 Å². The number of para-hydroxylation sites is 2. The molecule has 1 saturated heterocycles. The fraction of sp³-hybridized carbons (Fsp3) is 0.333. The lowest BCUT2D eigenvalue weighted by atomic mass is 10.1. The lowest BCUT2D eigenvalue weighted by Crippen LogP contribution is -2.49. The SMILES string of the molecule is COc1ccccc1N(c1nc(-c2ccc(C)cc2)cs1)[C@H](C)C(=O)N1CCOCC1. The molecule has 1 aromatic heterocycles. The molecule has 1 amide bonds. The lowest BCUT2D eigenvalue weighted by molar-refractivity contribution is -0.136. The van der Waals surface area contributed by atoms with Crippen LogP contribution in [0.15, 0.2) is 53.9 Å². The van der Waals surface area contributed by atoms with Crippen LogP contribution < -0.4 is 9.64 Å². The number of benzene rings is 2. The molecule has 6 nitrogen and oxygen atoms in total. The van der Waals surface area contributed by atoms with Crippen molar-refractivity contribution in [3.8, 4) is 17.0 Å². The van der Waals surface area contributed by atoms with Crippen molar-refractivity contribution >= 4 is 28.1 Å². The van der Waals surface area contributed by atoms with Crippen molar-refractivity contribution in [2.75, 3.05) is 38.3 Å². The minimum atomic E-state index is -0.439. The van der Waals surface area contributed by atoms with Crippen LogP contribution in [0.5, 0.6) is 5.75 Å². The van der Waals surface area contributed by atoms with Crippen molar-refractivity contribution in [3.05, 3.63) is 59.5 Å². The normalized spacial score (nSPS) is 14.9. The van der Waals surface area contributed by atoms with Gasteiger partial charge >= 0.3 is 0 Å². The number of rotatable bonds is 6. The molecule has 162 valence electrons. The molecule has 4 rings (SSSR count). The monoisotopic (exact) mass is 437 g/mol. The van der Waals surface area contributed by atoms with Gasteiger partial charge in [0.15, 0.2) is 5.13 Å². The van der Waals surface area contributed by atoms with Gasteiger partial charge in [0, 0.05) is 24.0 Å². The third-order valence-electron chi connectivity index (χ3n) is 5.46. The minimum Gasteiger partial charge on any atom is -0.495 e. The van der Waals surface area contributed by atoms with Gasteiger partial charge in [0.2, 0.25) is 5.91 Å². The topological polar surface area (TPSA) is 54.9 Å². The number of methoxy groups -OCH3 is 1. The summed E-state index contributed by atoms with van der Waals surface area (Å²) < 4.78 is 11.0. The molecular formula is C24H27N3O3S. The minimum absolute atomic E-state index is 0.0568. The van der Waals surface area contributed by atoms with Crippen molar-refractivity contribution in [1.29, 1.82) is 0 Å². The van der Waals surface area contributed by atoms with E-state index in [-0.39, 0.29) is 5.91 Å². The van der Waals surface area contributed by atoms with Crippen LogP contribution in [0.1, 0.15) is 12.5 Å². The Labute approximate surface area is 187 Å². The van der Waals surface area contributed by atoms with E-state index in [1.165, 1.54) is 16.9 Å². The van der Waals surface area contributed by atoms with Gasteiger partial charge < -0.3 is 19.3 Å². The Bertz CT molecular complexity index is 1030. The Morgan fingerprint density at radius 2 is 1.87 bits per heavy atom. The maximum Gasteiger partial charge on any atom is 0.245 e. The van der Waals surface area contributed by atoms with Crippen molar-refractivity contribution in [1.82, 2.24) is 9.88 Å². The summed E-state index contributed by atoms with van der Waals surface area (Å²) >= 11 is 1.53. The van der Waals surface area contributed by atoms with Gasteiger partial charge in [-0.15, -0.1) is 11.3 Å². The molecule has 0 bridgehead atoms. The smallest absolute Gasteiger partial charge is 0.245 e. The Morgan fingerprint density at radius 1 is 1.16 bits per heavy atom. The fourth-order valence-corrected chi connectivity index (χ4v) is 4.62. The summed E-state index contributed by atoms with van der Waals surface area (Å²) in [7, 11) is 1.64. The zero-order valence-corrected chi connectivity index (χ0v) is 18.9. The van der Waals surface area contributed by atoms with Crippen molar-refractivity contribution in [3.63, 3.8) is 0 Å². The molecule has 0 spiro atoms. The molecule has 0 aliphatic carbocycles. The molecule has 0 radical (unpaired) electrons. The van der Waals surface area contributed by atoms with E-state index in [0.717, 1.165) is 22.1 Å². The second-order valence-electron chi connectivity index (χ2n) is 7.54. The number of carbonyl (C=O) groups excluding carboxylic acids is 1. The Kier molecular flexibility index (Phi) is 6.53. The molecule has 1 aliphatic rings. The van der Waals surface area contributed by atoms with E-state index in [2.05, 4.69) is 31.2 Å². The number of anilines is 2. The third kappa shape index (κ3) is 4.57. The molecule has 31 heavy (non-hydrogen) atoms. The van der Waals surface area contributed by atoms with Crippen molar-refractivity contribution in [2.24, 2.45) is 0 Å². The molecule has 1 fully saturated rings. The first-order chi connectivity index (χ1) is 15.1. The maximum atomic E-state index is 13.4. The van der Waals surface area contributed by atoms with Crippen LogP contribution in [0.25, 0.3) is 11.3 Å². The highest BCUT2D eigenvalue weighted by Gasteiger charge is 2.31. The predicted molar refractivity (Wildman–Crippen MR) is 124 cm³/mol. The number of carbonyl (C=O) groups is 1. The first kappa shape index (κ1) is 21.3. The highest BCUT2D eigenvalue weighted by atomic mass is 32.1. The predicted octanol–water partition coefficient (Wildman–Crippen LogP) is 4.51. The van der Waals surface area contributed by atoms with E-state index in [1.54, 1.807) is 7.11 Å². The van der Waals surface area contributed by atoms with Crippen LogP contribution in [-0.4, -0.2) is 55.2 Å². The Morgan fingerprint density at radius 3 is 2.58 bits per heavy atom. The summed E-state index contributed by atoms with van der Waals surface area (Å²) in [5.74, 6) is 0.762. The van der Waals surface area contributed by atoms with Crippen LogP contribution in [0.4, 0.5) is 10.8 Å². The number of amides is 1.